The van der Waals surface area contributed by atoms with Crippen molar-refractivity contribution in [2.45, 2.75) is 5.41 Å². The van der Waals surface area contributed by atoms with E-state index in [0.717, 1.165) is 106 Å². The van der Waals surface area contributed by atoms with E-state index in [1.54, 1.807) is 6.07 Å². The summed E-state index contributed by atoms with van der Waals surface area (Å²) in [4.78, 5) is 12.5. The Morgan fingerprint density at radius 3 is 1.83 bits per heavy atom. The summed E-state index contributed by atoms with van der Waals surface area (Å²) < 4.78 is 18.0. The molecule has 3 aliphatic rings. The van der Waals surface area contributed by atoms with Gasteiger partial charge >= 0.3 is 0 Å². The maximum atomic E-state index is 10.2. The minimum atomic E-state index is -0.820. The molecule has 1 atom stereocenters. The molecule has 0 radical (unpaired) electrons. The third kappa shape index (κ3) is 5.02. The fourth-order valence-corrected chi connectivity index (χ4v) is 11.6. The SMILES string of the molecule is N#Cc1ccc2c(c1)Oc1ccccc1N2c1ccc2c(c1)c1cc(C#N)ccc1n2-c1ccc2c(c1)Oc1ccccc1C21c2cccnc2-c2ncc(-n3c4ccccc4c4ccccc43)cc21. The highest BCUT2D eigenvalue weighted by atomic mass is 16.5. The quantitative estimate of drug-likeness (QED) is 0.174. The third-order valence-corrected chi connectivity index (χ3v) is 14.5. The molecule has 4 aromatic heterocycles. The first-order valence-corrected chi connectivity index (χ1v) is 23.1. The van der Waals surface area contributed by atoms with Gasteiger partial charge in [0.1, 0.15) is 11.5 Å². The second kappa shape index (κ2) is 14.0. The molecule has 8 aromatic carbocycles. The summed E-state index contributed by atoms with van der Waals surface area (Å²) in [5.41, 5.74) is 14.6. The van der Waals surface area contributed by atoms with Crippen LogP contribution in [0.3, 0.4) is 0 Å². The number of para-hydroxylation sites is 5. The van der Waals surface area contributed by atoms with Crippen LogP contribution < -0.4 is 14.4 Å². The molecule has 1 unspecified atom stereocenters. The highest BCUT2D eigenvalue weighted by Gasteiger charge is 2.52. The number of ether oxygens (including phenoxy) is 2. The molecule has 0 bridgehead atoms. The fourth-order valence-electron chi connectivity index (χ4n) is 11.6. The minimum absolute atomic E-state index is 0.517. The van der Waals surface area contributed by atoms with Crippen LogP contribution in [0.15, 0.2) is 200 Å². The summed E-state index contributed by atoms with van der Waals surface area (Å²) in [7, 11) is 0. The molecular weight excluding hydrogens is 863 g/mol. The van der Waals surface area contributed by atoms with E-state index in [9.17, 15) is 10.5 Å². The summed E-state index contributed by atoms with van der Waals surface area (Å²) in [5.74, 6) is 2.77. The van der Waals surface area contributed by atoms with Gasteiger partial charge in [0.05, 0.1) is 85.4 Å². The Hall–Kier alpha value is -9.96. The molecule has 12 aromatic rings. The first kappa shape index (κ1) is 38.2. The monoisotopic (exact) mass is 895 g/mol. The summed E-state index contributed by atoms with van der Waals surface area (Å²) in [6, 6.07) is 68.9. The number of aromatic nitrogens is 4. The zero-order valence-corrected chi connectivity index (χ0v) is 37.0. The number of benzene rings is 8. The molecule has 0 N–H and O–H groups in total. The summed E-state index contributed by atoms with van der Waals surface area (Å²) in [6.07, 6.45) is 3.84. The molecule has 2 aliphatic heterocycles. The van der Waals surface area contributed by atoms with Crippen molar-refractivity contribution < 1.29 is 9.47 Å². The van der Waals surface area contributed by atoms with Crippen LogP contribution in [0.5, 0.6) is 23.0 Å². The molecule has 9 heteroatoms. The smallest absolute Gasteiger partial charge is 0.152 e. The molecule has 0 saturated carbocycles. The number of anilines is 3. The number of rotatable bonds is 3. The van der Waals surface area contributed by atoms with Gasteiger partial charge in [-0.3, -0.25) is 9.97 Å². The van der Waals surface area contributed by atoms with Gasteiger partial charge in [-0.1, -0.05) is 78.9 Å². The van der Waals surface area contributed by atoms with Crippen molar-refractivity contribution in [3.05, 3.63) is 234 Å². The Bertz CT molecular complexity index is 4330. The van der Waals surface area contributed by atoms with E-state index in [-0.39, 0.29) is 0 Å². The zero-order chi connectivity index (χ0) is 46.2. The maximum absolute atomic E-state index is 10.2. The summed E-state index contributed by atoms with van der Waals surface area (Å²) in [5, 5.41) is 24.2. The van der Waals surface area contributed by atoms with Crippen molar-refractivity contribution in [2.75, 3.05) is 4.90 Å². The van der Waals surface area contributed by atoms with Crippen LogP contribution in [0.25, 0.3) is 66.4 Å². The first-order chi connectivity index (χ1) is 34.6. The molecule has 324 valence electrons. The van der Waals surface area contributed by atoms with Crippen molar-refractivity contribution in [3.8, 4) is 57.9 Å². The number of pyridine rings is 2. The van der Waals surface area contributed by atoms with Crippen molar-refractivity contribution >= 4 is 60.7 Å². The summed E-state index contributed by atoms with van der Waals surface area (Å²) in [6.45, 7) is 0. The van der Waals surface area contributed by atoms with Gasteiger partial charge in [0.25, 0.3) is 0 Å². The second-order valence-corrected chi connectivity index (χ2v) is 18.0. The minimum Gasteiger partial charge on any atom is -0.457 e. The van der Waals surface area contributed by atoms with Crippen LogP contribution in [0.4, 0.5) is 17.1 Å². The van der Waals surface area contributed by atoms with Gasteiger partial charge in [0.2, 0.25) is 0 Å². The first-order valence-electron chi connectivity index (χ1n) is 23.1. The Labute approximate surface area is 400 Å². The van der Waals surface area contributed by atoms with Gasteiger partial charge in [-0.05, 0) is 103 Å². The maximum Gasteiger partial charge on any atom is 0.152 e. The topological polar surface area (TPSA) is 105 Å². The molecule has 0 amide bonds. The third-order valence-electron chi connectivity index (χ3n) is 14.5. The highest BCUT2D eigenvalue weighted by Crippen LogP contribution is 2.62. The van der Waals surface area contributed by atoms with Crippen LogP contribution >= 0.6 is 0 Å². The predicted octanol–water partition coefficient (Wildman–Crippen LogP) is 14.5. The van der Waals surface area contributed by atoms with Crippen molar-refractivity contribution in [1.82, 2.24) is 19.1 Å². The van der Waals surface area contributed by atoms with Crippen LogP contribution in [-0.2, 0) is 5.41 Å². The molecule has 1 spiro atoms. The molecule has 1 aliphatic carbocycles. The Morgan fingerprint density at radius 2 is 1.00 bits per heavy atom. The number of fused-ring (bicyclic) bond motifs is 17. The van der Waals surface area contributed by atoms with Gasteiger partial charge < -0.3 is 23.5 Å². The lowest BCUT2D eigenvalue weighted by Gasteiger charge is -2.39. The van der Waals surface area contributed by atoms with Gasteiger partial charge in [0, 0.05) is 67.9 Å². The molecular formula is C61H33N7O2. The zero-order valence-electron chi connectivity index (χ0n) is 37.0. The second-order valence-electron chi connectivity index (χ2n) is 18.0. The molecule has 70 heavy (non-hydrogen) atoms. The van der Waals surface area contributed by atoms with Crippen LogP contribution in [0, 0.1) is 22.7 Å². The Morgan fingerprint density at radius 1 is 0.400 bits per heavy atom. The van der Waals surface area contributed by atoms with E-state index in [4.69, 9.17) is 19.4 Å². The van der Waals surface area contributed by atoms with Crippen LogP contribution in [-0.4, -0.2) is 19.1 Å². The normalized spacial score (nSPS) is 14.8. The van der Waals surface area contributed by atoms with E-state index in [0.29, 0.717) is 22.6 Å². The molecule has 6 heterocycles. The fraction of sp³-hybridized carbons (Fsp3) is 0.0164. The number of nitriles is 2. The van der Waals surface area contributed by atoms with Gasteiger partial charge in [-0.2, -0.15) is 10.5 Å². The van der Waals surface area contributed by atoms with Gasteiger partial charge in [0.15, 0.2) is 11.5 Å². The van der Waals surface area contributed by atoms with E-state index < -0.39 is 5.41 Å². The van der Waals surface area contributed by atoms with Crippen LogP contribution in [0.2, 0.25) is 0 Å². The predicted molar refractivity (Wildman–Crippen MR) is 272 cm³/mol. The average molecular weight is 896 g/mol. The van der Waals surface area contributed by atoms with E-state index in [1.807, 2.05) is 79.1 Å². The van der Waals surface area contributed by atoms with Crippen molar-refractivity contribution in [1.29, 1.82) is 10.5 Å². The Balaban J connectivity index is 0.949. The van der Waals surface area contributed by atoms with E-state index in [1.165, 1.54) is 10.8 Å². The van der Waals surface area contributed by atoms with Gasteiger partial charge in [-0.15, -0.1) is 0 Å². The van der Waals surface area contributed by atoms with Crippen molar-refractivity contribution in [2.24, 2.45) is 0 Å². The Kier molecular flexibility index (Phi) is 7.65. The molecule has 0 saturated heterocycles. The standard InChI is InChI=1S/C61H33N7O2/c62-33-36-19-24-51-43(28-36)44-30-38(67-53-16-6-8-18-56(53)70-58-29-37(34-63)20-25-54(58)67)22-26-52(44)66(51)39-21-23-46-57(32-39)69-55-17-7-3-12-45(55)61(46)47-13-9-27-64-59(47)60-48(61)31-40(35-65-60)68-49-14-4-1-10-41(49)42-11-2-5-15-50(42)68/h1-32,35H. The van der Waals surface area contributed by atoms with Gasteiger partial charge in [-0.25, -0.2) is 0 Å². The van der Waals surface area contributed by atoms with E-state index in [2.05, 4.69) is 141 Å². The van der Waals surface area contributed by atoms with E-state index >= 15 is 0 Å². The largest absolute Gasteiger partial charge is 0.457 e. The number of hydrogen-bond acceptors (Lipinski definition) is 7. The van der Waals surface area contributed by atoms with Crippen LogP contribution in [0.1, 0.15) is 33.4 Å². The number of nitrogens with zero attached hydrogens (tertiary/aromatic N) is 7. The lowest BCUT2D eigenvalue weighted by molar-refractivity contribution is 0.436. The lowest BCUT2D eigenvalue weighted by Crippen LogP contribution is -2.32. The lowest BCUT2D eigenvalue weighted by atomic mass is 9.66. The molecule has 9 nitrogen and oxygen atoms in total. The summed E-state index contributed by atoms with van der Waals surface area (Å²) >= 11 is 0. The average Bonchev–Trinajstić information content (AvgIpc) is 4.03. The van der Waals surface area contributed by atoms with Crippen molar-refractivity contribution in [3.63, 3.8) is 0 Å². The number of hydrogen-bond donors (Lipinski definition) is 0. The molecule has 0 fully saturated rings. The highest BCUT2D eigenvalue weighted by molar-refractivity contribution is 6.12. The molecule has 15 rings (SSSR count).